The molecule has 19 heavy (non-hydrogen) atoms. The third kappa shape index (κ3) is 5.78. The van der Waals surface area contributed by atoms with E-state index in [-0.39, 0.29) is 24.0 Å². The Morgan fingerprint density at radius 2 is 2.11 bits per heavy atom. The maximum absolute atomic E-state index is 13.7. The first-order valence-electron chi connectivity index (χ1n) is 6.13. The number of hydrogen-bond acceptors (Lipinski definition) is 3. The first-order chi connectivity index (χ1) is 8.83. The van der Waals surface area contributed by atoms with Gasteiger partial charge in [-0.25, -0.2) is 12.8 Å². The molecule has 0 saturated carbocycles. The molecule has 0 saturated heterocycles. The van der Waals surface area contributed by atoms with Crippen LogP contribution in [0.5, 0.6) is 5.75 Å². The van der Waals surface area contributed by atoms with Crippen molar-refractivity contribution in [2.24, 2.45) is 5.92 Å². The maximum Gasteiger partial charge on any atom is 0.232 e. The predicted octanol–water partition coefficient (Wildman–Crippen LogP) is 3.50. The molecule has 0 N–H and O–H groups in total. The Kier molecular flexibility index (Phi) is 6.07. The molecule has 0 amide bonds. The minimum absolute atomic E-state index is 0.139. The van der Waals surface area contributed by atoms with Crippen LogP contribution >= 0.6 is 10.7 Å². The summed E-state index contributed by atoms with van der Waals surface area (Å²) in [6, 6.07) is 4.87. The number of benzene rings is 1. The maximum atomic E-state index is 13.7. The van der Waals surface area contributed by atoms with E-state index in [0.29, 0.717) is 12.0 Å². The van der Waals surface area contributed by atoms with Gasteiger partial charge in [0.05, 0.1) is 12.4 Å². The summed E-state index contributed by atoms with van der Waals surface area (Å²) in [5.74, 6) is -0.650. The first-order valence-corrected chi connectivity index (χ1v) is 8.61. The lowest BCUT2D eigenvalue weighted by atomic mass is 10.1. The second kappa shape index (κ2) is 7.10. The van der Waals surface area contributed by atoms with Gasteiger partial charge in [0.15, 0.2) is 11.6 Å². The monoisotopic (exact) mass is 308 g/mol. The largest absolute Gasteiger partial charge is 0.490 e. The lowest BCUT2D eigenvalue weighted by Crippen LogP contribution is -2.20. The first kappa shape index (κ1) is 16.2. The van der Waals surface area contributed by atoms with Crippen molar-refractivity contribution in [3.05, 3.63) is 29.6 Å². The molecule has 0 bridgehead atoms. The van der Waals surface area contributed by atoms with Crippen LogP contribution in [0.4, 0.5) is 4.39 Å². The molecule has 1 aromatic carbocycles. The summed E-state index contributed by atoms with van der Waals surface area (Å²) in [6.07, 6.45) is 1.48. The fourth-order valence-electron chi connectivity index (χ4n) is 1.84. The fourth-order valence-corrected chi connectivity index (χ4v) is 3.20. The lowest BCUT2D eigenvalue weighted by molar-refractivity contribution is 0.242. The Morgan fingerprint density at radius 1 is 1.42 bits per heavy atom. The van der Waals surface area contributed by atoms with Crippen molar-refractivity contribution in [3.63, 3.8) is 0 Å². The van der Waals surface area contributed by atoms with Crippen LogP contribution in [0.3, 0.4) is 0 Å². The van der Waals surface area contributed by atoms with Crippen molar-refractivity contribution in [1.29, 1.82) is 0 Å². The van der Waals surface area contributed by atoms with E-state index in [4.69, 9.17) is 15.4 Å². The molecular formula is C13H18ClFO3S. The van der Waals surface area contributed by atoms with E-state index < -0.39 is 14.9 Å². The average Bonchev–Trinajstić information content (AvgIpc) is 2.29. The molecule has 0 aromatic heterocycles. The molecule has 1 unspecified atom stereocenters. The minimum atomic E-state index is -3.57. The third-order valence-corrected chi connectivity index (χ3v) is 4.01. The highest BCUT2D eigenvalue weighted by molar-refractivity contribution is 8.13. The van der Waals surface area contributed by atoms with Gasteiger partial charge in [-0.2, -0.15) is 0 Å². The van der Waals surface area contributed by atoms with Gasteiger partial charge in [-0.3, -0.25) is 0 Å². The SMILES string of the molecule is CCCC(COc1cccc(C)c1F)CS(=O)(=O)Cl. The Labute approximate surface area is 118 Å². The van der Waals surface area contributed by atoms with Crippen LogP contribution in [0.1, 0.15) is 25.3 Å². The number of rotatable bonds is 7. The van der Waals surface area contributed by atoms with Crippen LogP contribution < -0.4 is 4.74 Å². The molecule has 0 spiro atoms. The summed E-state index contributed by atoms with van der Waals surface area (Å²) < 4.78 is 41.3. The Hall–Kier alpha value is -0.810. The molecule has 1 atom stereocenters. The van der Waals surface area contributed by atoms with E-state index in [1.54, 1.807) is 19.1 Å². The molecule has 0 radical (unpaired) electrons. The van der Waals surface area contributed by atoms with Crippen molar-refractivity contribution in [3.8, 4) is 5.75 Å². The second-order valence-electron chi connectivity index (χ2n) is 4.56. The molecule has 1 rings (SSSR count). The van der Waals surface area contributed by atoms with Crippen LogP contribution in [0, 0.1) is 18.7 Å². The molecule has 0 heterocycles. The minimum Gasteiger partial charge on any atom is -0.490 e. The van der Waals surface area contributed by atoms with Gasteiger partial charge in [0, 0.05) is 16.6 Å². The van der Waals surface area contributed by atoms with Crippen molar-refractivity contribution >= 4 is 19.7 Å². The molecule has 1 aromatic rings. The van der Waals surface area contributed by atoms with Crippen LogP contribution in [0.2, 0.25) is 0 Å². The van der Waals surface area contributed by atoms with Gasteiger partial charge in [-0.05, 0) is 25.0 Å². The summed E-state index contributed by atoms with van der Waals surface area (Å²) in [5, 5.41) is 0. The number of ether oxygens (including phenoxy) is 1. The summed E-state index contributed by atoms with van der Waals surface area (Å²) in [5.41, 5.74) is 0.495. The van der Waals surface area contributed by atoms with Crippen LogP contribution in [-0.4, -0.2) is 20.8 Å². The topological polar surface area (TPSA) is 43.4 Å². The van der Waals surface area contributed by atoms with Crippen LogP contribution in [0.25, 0.3) is 0 Å². The van der Waals surface area contributed by atoms with E-state index in [0.717, 1.165) is 6.42 Å². The number of halogens is 2. The van der Waals surface area contributed by atoms with Gasteiger partial charge in [-0.15, -0.1) is 0 Å². The zero-order valence-electron chi connectivity index (χ0n) is 11.0. The Morgan fingerprint density at radius 3 is 2.68 bits per heavy atom. The highest BCUT2D eigenvalue weighted by Gasteiger charge is 2.18. The predicted molar refractivity (Wildman–Crippen MR) is 74.7 cm³/mol. The van der Waals surface area contributed by atoms with Crippen molar-refractivity contribution < 1.29 is 17.5 Å². The standard InChI is InChI=1S/C13H18ClFO3S/c1-3-5-11(9-19(14,16)17)8-18-12-7-4-6-10(2)13(12)15/h4,6-7,11H,3,5,8-9H2,1-2H3. The van der Waals surface area contributed by atoms with E-state index in [1.165, 1.54) is 6.07 Å². The Bertz CT molecular complexity index is 517. The summed E-state index contributed by atoms with van der Waals surface area (Å²) in [7, 11) is 1.67. The van der Waals surface area contributed by atoms with Crippen molar-refractivity contribution in [2.75, 3.05) is 12.4 Å². The van der Waals surface area contributed by atoms with Gasteiger partial charge in [0.2, 0.25) is 9.05 Å². The van der Waals surface area contributed by atoms with Gasteiger partial charge in [0.25, 0.3) is 0 Å². The third-order valence-electron chi connectivity index (χ3n) is 2.76. The quantitative estimate of drug-likeness (QED) is 0.724. The van der Waals surface area contributed by atoms with Gasteiger partial charge < -0.3 is 4.74 Å². The smallest absolute Gasteiger partial charge is 0.232 e. The molecule has 0 aliphatic carbocycles. The Balaban J connectivity index is 2.68. The average molecular weight is 309 g/mol. The highest BCUT2D eigenvalue weighted by Crippen LogP contribution is 2.21. The van der Waals surface area contributed by atoms with Crippen LogP contribution in [0.15, 0.2) is 18.2 Å². The fraction of sp³-hybridized carbons (Fsp3) is 0.538. The molecule has 0 aliphatic rings. The van der Waals surface area contributed by atoms with E-state index >= 15 is 0 Å². The van der Waals surface area contributed by atoms with E-state index in [9.17, 15) is 12.8 Å². The summed E-state index contributed by atoms with van der Waals surface area (Å²) in [6.45, 7) is 3.73. The molecule has 0 fully saturated rings. The zero-order valence-corrected chi connectivity index (χ0v) is 12.6. The van der Waals surface area contributed by atoms with Gasteiger partial charge in [0.1, 0.15) is 0 Å². The van der Waals surface area contributed by atoms with Crippen molar-refractivity contribution in [1.82, 2.24) is 0 Å². The van der Waals surface area contributed by atoms with E-state index in [2.05, 4.69) is 0 Å². The highest BCUT2D eigenvalue weighted by atomic mass is 35.7. The summed E-state index contributed by atoms with van der Waals surface area (Å²) >= 11 is 0. The zero-order chi connectivity index (χ0) is 14.5. The van der Waals surface area contributed by atoms with Crippen LogP contribution in [-0.2, 0) is 9.05 Å². The number of aryl methyl sites for hydroxylation is 1. The normalized spacial score (nSPS) is 13.3. The number of hydrogen-bond donors (Lipinski definition) is 0. The summed E-state index contributed by atoms with van der Waals surface area (Å²) in [4.78, 5) is 0. The molecule has 0 aliphatic heterocycles. The van der Waals surface area contributed by atoms with Gasteiger partial charge in [-0.1, -0.05) is 25.5 Å². The van der Waals surface area contributed by atoms with E-state index in [1.807, 2.05) is 6.92 Å². The molecule has 3 nitrogen and oxygen atoms in total. The molecular weight excluding hydrogens is 291 g/mol. The molecule has 108 valence electrons. The van der Waals surface area contributed by atoms with Gasteiger partial charge >= 0.3 is 0 Å². The second-order valence-corrected chi connectivity index (χ2v) is 7.38. The molecule has 6 heteroatoms. The van der Waals surface area contributed by atoms with Crippen molar-refractivity contribution in [2.45, 2.75) is 26.7 Å². The lowest BCUT2D eigenvalue weighted by Gasteiger charge is -2.16.